The van der Waals surface area contributed by atoms with E-state index in [1.807, 2.05) is 0 Å². The zero-order chi connectivity index (χ0) is 23.9. The molecule has 0 spiro atoms. The van der Waals surface area contributed by atoms with Crippen LogP contribution in [0, 0.1) is 0 Å². The topological polar surface area (TPSA) is 122 Å². The van der Waals surface area contributed by atoms with Gasteiger partial charge in [-0.25, -0.2) is 8.42 Å². The van der Waals surface area contributed by atoms with Crippen molar-refractivity contribution in [2.24, 2.45) is 0 Å². The van der Waals surface area contributed by atoms with Crippen LogP contribution in [0.3, 0.4) is 0 Å². The molecule has 2 amide bonds. The Morgan fingerprint density at radius 2 is 1.59 bits per heavy atom. The molecule has 0 bridgehead atoms. The number of carbonyl (C=O) groups excluding carboxylic acids is 3. The summed E-state index contributed by atoms with van der Waals surface area (Å²) in [6, 6.07) is 12.2. The van der Waals surface area contributed by atoms with Gasteiger partial charge >= 0.3 is 5.97 Å². The fourth-order valence-electron chi connectivity index (χ4n) is 2.62. The lowest BCUT2D eigenvalue weighted by atomic mass is 10.1. The zero-order valence-corrected chi connectivity index (χ0v) is 19.2. The highest BCUT2D eigenvalue weighted by molar-refractivity contribution is 7.89. The number of ether oxygens (including phenoxy) is 1. The van der Waals surface area contributed by atoms with Gasteiger partial charge in [0.15, 0.2) is 0 Å². The molecule has 9 nitrogen and oxygen atoms in total. The van der Waals surface area contributed by atoms with E-state index in [1.54, 1.807) is 38.1 Å². The molecule has 0 fully saturated rings. The maximum absolute atomic E-state index is 12.5. The van der Waals surface area contributed by atoms with E-state index >= 15 is 0 Å². The van der Waals surface area contributed by atoms with Crippen molar-refractivity contribution in [2.45, 2.75) is 31.2 Å². The van der Waals surface area contributed by atoms with Crippen LogP contribution in [0.15, 0.2) is 53.4 Å². The molecule has 0 unspecified atom stereocenters. The van der Waals surface area contributed by atoms with Gasteiger partial charge in [-0.3, -0.25) is 14.4 Å². The third-order valence-corrected chi connectivity index (χ3v) is 6.80. The Kier molecular flexibility index (Phi) is 8.50. The Morgan fingerprint density at radius 1 is 1.00 bits per heavy atom. The van der Waals surface area contributed by atoms with Gasteiger partial charge < -0.3 is 15.4 Å². The van der Waals surface area contributed by atoms with Crippen molar-refractivity contribution in [1.82, 2.24) is 9.62 Å². The SMILES string of the molecule is COC(=O)CNC(=O)Cc1ccc(NC(=O)c2ccc(S(=O)(=O)N(C)C(C)C)cc2)cc1. The summed E-state index contributed by atoms with van der Waals surface area (Å²) in [6.45, 7) is 3.36. The molecule has 2 aromatic rings. The summed E-state index contributed by atoms with van der Waals surface area (Å²) in [4.78, 5) is 35.5. The summed E-state index contributed by atoms with van der Waals surface area (Å²) in [6.07, 6.45) is 0.0754. The van der Waals surface area contributed by atoms with Crippen LogP contribution < -0.4 is 10.6 Å². The van der Waals surface area contributed by atoms with Gasteiger partial charge in [0, 0.05) is 24.3 Å². The van der Waals surface area contributed by atoms with E-state index in [0.717, 1.165) is 0 Å². The first-order valence-electron chi connectivity index (χ1n) is 9.86. The number of methoxy groups -OCH3 is 1. The molecular formula is C22H27N3O6S. The number of rotatable bonds is 9. The summed E-state index contributed by atoms with van der Waals surface area (Å²) in [5.41, 5.74) is 1.53. The average Bonchev–Trinajstić information content (AvgIpc) is 2.78. The van der Waals surface area contributed by atoms with Crippen LogP contribution in [0.25, 0.3) is 0 Å². The van der Waals surface area contributed by atoms with Crippen molar-refractivity contribution in [3.8, 4) is 0 Å². The van der Waals surface area contributed by atoms with E-state index in [1.165, 1.54) is 42.7 Å². The lowest BCUT2D eigenvalue weighted by Gasteiger charge is -2.21. The number of nitrogens with one attached hydrogen (secondary N) is 2. The highest BCUT2D eigenvalue weighted by Crippen LogP contribution is 2.18. The van der Waals surface area contributed by atoms with Crippen LogP contribution in [-0.2, 0) is 30.8 Å². The van der Waals surface area contributed by atoms with Gasteiger partial charge in [0.25, 0.3) is 5.91 Å². The Hall–Kier alpha value is -3.24. The molecule has 0 saturated carbocycles. The van der Waals surface area contributed by atoms with Gasteiger partial charge in [0.1, 0.15) is 6.54 Å². The molecule has 0 atom stereocenters. The highest BCUT2D eigenvalue weighted by Gasteiger charge is 2.23. The third-order valence-electron chi connectivity index (χ3n) is 4.75. The Bertz CT molecular complexity index is 1060. The number of carbonyl (C=O) groups is 3. The molecule has 0 heterocycles. The van der Waals surface area contributed by atoms with E-state index in [0.29, 0.717) is 16.8 Å². The minimum absolute atomic E-state index is 0.0754. The summed E-state index contributed by atoms with van der Waals surface area (Å²) < 4.78 is 30.8. The van der Waals surface area contributed by atoms with Crippen LogP contribution >= 0.6 is 0 Å². The lowest BCUT2D eigenvalue weighted by molar-refractivity contribution is -0.141. The first-order chi connectivity index (χ1) is 15.0. The smallest absolute Gasteiger partial charge is 0.325 e. The maximum Gasteiger partial charge on any atom is 0.325 e. The highest BCUT2D eigenvalue weighted by atomic mass is 32.2. The summed E-state index contributed by atoms with van der Waals surface area (Å²) in [5.74, 6) is -1.26. The Labute approximate surface area is 187 Å². The van der Waals surface area contributed by atoms with E-state index in [9.17, 15) is 22.8 Å². The largest absolute Gasteiger partial charge is 0.468 e. The van der Waals surface area contributed by atoms with Crippen molar-refractivity contribution in [1.29, 1.82) is 0 Å². The predicted molar refractivity (Wildman–Crippen MR) is 120 cm³/mol. The molecule has 0 aliphatic heterocycles. The number of anilines is 1. The fraction of sp³-hybridized carbons (Fsp3) is 0.318. The molecule has 10 heteroatoms. The average molecular weight is 462 g/mol. The number of amides is 2. The van der Waals surface area contributed by atoms with Crippen molar-refractivity contribution in [2.75, 3.05) is 26.0 Å². The second-order valence-corrected chi connectivity index (χ2v) is 9.32. The van der Waals surface area contributed by atoms with E-state index < -0.39 is 21.9 Å². The van der Waals surface area contributed by atoms with Gasteiger partial charge in [-0.2, -0.15) is 4.31 Å². The van der Waals surface area contributed by atoms with Crippen LogP contribution in [0.4, 0.5) is 5.69 Å². The van der Waals surface area contributed by atoms with Crippen molar-refractivity contribution < 1.29 is 27.5 Å². The summed E-state index contributed by atoms with van der Waals surface area (Å²) >= 11 is 0. The van der Waals surface area contributed by atoms with Crippen LogP contribution in [0.5, 0.6) is 0 Å². The molecule has 0 aliphatic rings. The number of esters is 1. The van der Waals surface area contributed by atoms with E-state index in [-0.39, 0.29) is 29.8 Å². The molecule has 32 heavy (non-hydrogen) atoms. The van der Waals surface area contributed by atoms with E-state index in [2.05, 4.69) is 15.4 Å². The number of hydrogen-bond donors (Lipinski definition) is 2. The second kappa shape index (κ2) is 10.9. The first-order valence-corrected chi connectivity index (χ1v) is 11.3. The Balaban J connectivity index is 1.98. The number of hydrogen-bond acceptors (Lipinski definition) is 6. The summed E-state index contributed by atoms with van der Waals surface area (Å²) in [7, 11) is -0.875. The minimum atomic E-state index is -3.62. The molecular weight excluding hydrogens is 434 g/mol. The third kappa shape index (κ3) is 6.63. The fourth-order valence-corrected chi connectivity index (χ4v) is 3.99. The monoisotopic (exact) mass is 461 g/mol. The number of sulfonamides is 1. The zero-order valence-electron chi connectivity index (χ0n) is 18.4. The lowest BCUT2D eigenvalue weighted by Crippen LogP contribution is -2.33. The van der Waals surface area contributed by atoms with Crippen molar-refractivity contribution in [3.63, 3.8) is 0 Å². The van der Waals surface area contributed by atoms with Crippen molar-refractivity contribution in [3.05, 3.63) is 59.7 Å². The normalized spacial score (nSPS) is 11.3. The maximum atomic E-state index is 12.5. The molecule has 2 rings (SSSR count). The molecule has 0 radical (unpaired) electrons. The number of benzene rings is 2. The van der Waals surface area contributed by atoms with E-state index in [4.69, 9.17) is 0 Å². The minimum Gasteiger partial charge on any atom is -0.468 e. The van der Waals surface area contributed by atoms with Gasteiger partial charge in [-0.1, -0.05) is 12.1 Å². The van der Waals surface area contributed by atoms with Crippen LogP contribution in [0.2, 0.25) is 0 Å². The standard InChI is InChI=1S/C22H27N3O6S/c1-15(2)25(3)32(29,30)19-11-7-17(8-12-19)22(28)24-18-9-5-16(6-10-18)13-20(26)23-14-21(27)31-4/h5-12,15H,13-14H2,1-4H3,(H,23,26)(H,24,28). The Morgan fingerprint density at radius 3 is 2.12 bits per heavy atom. The quantitative estimate of drug-likeness (QED) is 0.549. The predicted octanol–water partition coefficient (Wildman–Crippen LogP) is 1.80. The molecule has 0 aliphatic carbocycles. The van der Waals surface area contributed by atoms with Crippen molar-refractivity contribution >= 4 is 33.5 Å². The van der Waals surface area contributed by atoms with Crippen LogP contribution in [-0.4, -0.2) is 57.3 Å². The summed E-state index contributed by atoms with van der Waals surface area (Å²) in [5, 5.41) is 5.17. The van der Waals surface area contributed by atoms with Gasteiger partial charge in [0.2, 0.25) is 15.9 Å². The first kappa shape index (κ1) is 25.0. The molecule has 0 aromatic heterocycles. The van der Waals surface area contributed by atoms with Gasteiger partial charge in [0.05, 0.1) is 18.4 Å². The second-order valence-electron chi connectivity index (χ2n) is 7.32. The van der Waals surface area contributed by atoms with Crippen LogP contribution in [0.1, 0.15) is 29.8 Å². The number of nitrogens with zero attached hydrogens (tertiary/aromatic N) is 1. The van der Waals surface area contributed by atoms with Gasteiger partial charge in [-0.15, -0.1) is 0 Å². The molecule has 2 N–H and O–H groups in total. The molecule has 2 aromatic carbocycles. The molecule has 0 saturated heterocycles. The molecule has 172 valence electrons. The van der Waals surface area contributed by atoms with Gasteiger partial charge in [-0.05, 0) is 55.8 Å².